The van der Waals surface area contributed by atoms with Crippen LogP contribution in [0.1, 0.15) is 18.6 Å². The molecule has 1 aromatic heterocycles. The van der Waals surface area contributed by atoms with E-state index in [1.54, 1.807) is 12.3 Å². The topological polar surface area (TPSA) is 63.5 Å². The molecule has 0 saturated carbocycles. The molecule has 1 aliphatic heterocycles. The van der Waals surface area contributed by atoms with Crippen LogP contribution in [0.4, 0.5) is 0 Å². The number of ether oxygens (including phenoxy) is 1. The summed E-state index contributed by atoms with van der Waals surface area (Å²) in [5.41, 5.74) is 0. The van der Waals surface area contributed by atoms with Crippen LogP contribution in [0, 0.1) is 0 Å². The Hall–Kier alpha value is -1.33. The van der Waals surface area contributed by atoms with Crippen LogP contribution in [0.3, 0.4) is 0 Å². The van der Waals surface area contributed by atoms with E-state index in [4.69, 9.17) is 9.15 Å². The molecule has 1 aromatic rings. The number of rotatable bonds is 5. The summed E-state index contributed by atoms with van der Waals surface area (Å²) < 4.78 is 10.6. The lowest BCUT2D eigenvalue weighted by Gasteiger charge is -2.22. The van der Waals surface area contributed by atoms with Gasteiger partial charge in [-0.05, 0) is 38.1 Å². The first-order valence-electron chi connectivity index (χ1n) is 5.96. The molecule has 1 saturated heterocycles. The van der Waals surface area contributed by atoms with E-state index in [0.29, 0.717) is 6.54 Å². The number of amides is 1. The molecule has 1 aliphatic rings. The highest BCUT2D eigenvalue weighted by molar-refractivity contribution is 5.77. The quantitative estimate of drug-likeness (QED) is 0.791. The maximum absolute atomic E-state index is 11.5. The molecule has 0 atom stereocenters. The van der Waals surface area contributed by atoms with Gasteiger partial charge in [0, 0.05) is 0 Å². The molecule has 0 bridgehead atoms. The van der Waals surface area contributed by atoms with Crippen molar-refractivity contribution < 1.29 is 13.9 Å². The third kappa shape index (κ3) is 4.20. The van der Waals surface area contributed by atoms with E-state index in [9.17, 15) is 4.79 Å². The summed E-state index contributed by atoms with van der Waals surface area (Å²) in [7, 11) is 0. The Morgan fingerprint density at radius 2 is 2.35 bits per heavy atom. The van der Waals surface area contributed by atoms with Crippen LogP contribution < -0.4 is 10.6 Å². The van der Waals surface area contributed by atoms with Crippen molar-refractivity contribution in [1.29, 1.82) is 0 Å². The maximum atomic E-state index is 11.5. The van der Waals surface area contributed by atoms with Crippen molar-refractivity contribution in [3.63, 3.8) is 0 Å². The molecule has 5 nitrogen and oxygen atoms in total. The highest BCUT2D eigenvalue weighted by Gasteiger charge is 2.14. The maximum Gasteiger partial charge on any atom is 0.246 e. The van der Waals surface area contributed by atoms with Crippen LogP contribution in [-0.2, 0) is 16.1 Å². The molecular weight excluding hydrogens is 220 g/mol. The van der Waals surface area contributed by atoms with Crippen LogP contribution in [0.2, 0.25) is 0 Å². The number of hydrogen-bond donors (Lipinski definition) is 2. The Kier molecular flexibility index (Phi) is 4.58. The number of nitrogens with one attached hydrogen (secondary N) is 2. The minimum atomic E-state index is -0.0973. The molecule has 1 fully saturated rings. The second-order valence-corrected chi connectivity index (χ2v) is 4.12. The van der Waals surface area contributed by atoms with E-state index < -0.39 is 0 Å². The summed E-state index contributed by atoms with van der Waals surface area (Å²) in [4.78, 5) is 11.5. The minimum absolute atomic E-state index is 0.0973. The smallest absolute Gasteiger partial charge is 0.246 e. The molecule has 0 spiro atoms. The van der Waals surface area contributed by atoms with Crippen molar-refractivity contribution >= 4 is 5.91 Å². The second-order valence-electron chi connectivity index (χ2n) is 4.12. The first-order valence-corrected chi connectivity index (χ1v) is 5.96. The van der Waals surface area contributed by atoms with Gasteiger partial charge in [0.05, 0.1) is 18.9 Å². The first kappa shape index (κ1) is 12.1. The van der Waals surface area contributed by atoms with Gasteiger partial charge in [-0.1, -0.05) is 0 Å². The standard InChI is InChI=1S/C12H18N2O3/c15-12(14-8-11-2-1-7-16-11)9-17-10-3-5-13-6-4-10/h1-2,7,10,13H,3-6,8-9H2,(H,14,15). The molecule has 2 heterocycles. The first-order chi connectivity index (χ1) is 8.34. The number of piperidine rings is 1. The zero-order valence-electron chi connectivity index (χ0n) is 9.78. The summed E-state index contributed by atoms with van der Waals surface area (Å²) >= 11 is 0. The SMILES string of the molecule is O=C(COC1CCNCC1)NCc1ccco1. The van der Waals surface area contributed by atoms with E-state index in [2.05, 4.69) is 10.6 Å². The minimum Gasteiger partial charge on any atom is -0.467 e. The summed E-state index contributed by atoms with van der Waals surface area (Å²) in [5.74, 6) is 0.653. The van der Waals surface area contributed by atoms with Crippen molar-refractivity contribution in [2.24, 2.45) is 0 Å². The summed E-state index contributed by atoms with van der Waals surface area (Å²) in [6.07, 6.45) is 3.76. The predicted octanol–water partition coefficient (Wildman–Crippen LogP) is 0.664. The van der Waals surface area contributed by atoms with E-state index in [1.165, 1.54) is 0 Å². The zero-order chi connectivity index (χ0) is 11.9. The van der Waals surface area contributed by atoms with Gasteiger partial charge in [-0.3, -0.25) is 4.79 Å². The van der Waals surface area contributed by atoms with Crippen molar-refractivity contribution in [2.45, 2.75) is 25.5 Å². The number of carbonyl (C=O) groups excluding carboxylic acids is 1. The van der Waals surface area contributed by atoms with Crippen LogP contribution in [0.15, 0.2) is 22.8 Å². The van der Waals surface area contributed by atoms with Crippen molar-refractivity contribution in [3.8, 4) is 0 Å². The largest absolute Gasteiger partial charge is 0.467 e. The molecule has 17 heavy (non-hydrogen) atoms. The van der Waals surface area contributed by atoms with Crippen LogP contribution in [0.25, 0.3) is 0 Å². The number of furan rings is 1. The number of carbonyl (C=O) groups is 1. The molecule has 0 unspecified atom stereocenters. The zero-order valence-corrected chi connectivity index (χ0v) is 9.78. The van der Waals surface area contributed by atoms with Gasteiger partial charge < -0.3 is 19.8 Å². The lowest BCUT2D eigenvalue weighted by molar-refractivity contribution is -0.128. The molecular formula is C12H18N2O3. The molecule has 2 N–H and O–H groups in total. The third-order valence-corrected chi connectivity index (χ3v) is 2.78. The summed E-state index contributed by atoms with van der Waals surface area (Å²) in [5, 5.41) is 6.00. The van der Waals surface area contributed by atoms with E-state index >= 15 is 0 Å². The number of hydrogen-bond acceptors (Lipinski definition) is 4. The Labute approximate surface area is 101 Å². The molecule has 0 aliphatic carbocycles. The van der Waals surface area contributed by atoms with E-state index in [0.717, 1.165) is 31.7 Å². The third-order valence-electron chi connectivity index (χ3n) is 2.78. The van der Waals surface area contributed by atoms with Crippen LogP contribution in [0.5, 0.6) is 0 Å². The second kappa shape index (κ2) is 6.42. The van der Waals surface area contributed by atoms with Gasteiger partial charge in [-0.15, -0.1) is 0 Å². The van der Waals surface area contributed by atoms with Gasteiger partial charge in [0.15, 0.2) is 0 Å². The van der Waals surface area contributed by atoms with Gasteiger partial charge in [0.1, 0.15) is 12.4 Å². The summed E-state index contributed by atoms with van der Waals surface area (Å²) in [6, 6.07) is 3.63. The monoisotopic (exact) mass is 238 g/mol. The average Bonchev–Trinajstić information content (AvgIpc) is 2.88. The normalized spacial score (nSPS) is 16.9. The Morgan fingerprint density at radius 1 is 1.53 bits per heavy atom. The Bertz CT molecular complexity index is 332. The lowest BCUT2D eigenvalue weighted by Crippen LogP contribution is -2.35. The molecule has 5 heteroatoms. The molecule has 94 valence electrons. The Morgan fingerprint density at radius 3 is 3.06 bits per heavy atom. The molecule has 0 radical (unpaired) electrons. The van der Waals surface area contributed by atoms with Gasteiger partial charge >= 0.3 is 0 Å². The summed E-state index contributed by atoms with van der Waals surface area (Å²) in [6.45, 7) is 2.49. The average molecular weight is 238 g/mol. The van der Waals surface area contributed by atoms with Gasteiger partial charge in [-0.2, -0.15) is 0 Å². The fraction of sp³-hybridized carbons (Fsp3) is 0.583. The van der Waals surface area contributed by atoms with Crippen molar-refractivity contribution in [3.05, 3.63) is 24.2 Å². The molecule has 2 rings (SSSR count). The van der Waals surface area contributed by atoms with Gasteiger partial charge in [0.25, 0.3) is 0 Å². The fourth-order valence-electron chi connectivity index (χ4n) is 1.81. The van der Waals surface area contributed by atoms with Crippen LogP contribution in [-0.4, -0.2) is 31.7 Å². The molecule has 0 aromatic carbocycles. The van der Waals surface area contributed by atoms with Crippen molar-refractivity contribution in [2.75, 3.05) is 19.7 Å². The van der Waals surface area contributed by atoms with Crippen LogP contribution >= 0.6 is 0 Å². The Balaban J connectivity index is 1.60. The highest BCUT2D eigenvalue weighted by atomic mass is 16.5. The molecule has 1 amide bonds. The lowest BCUT2D eigenvalue weighted by atomic mass is 10.1. The van der Waals surface area contributed by atoms with E-state index in [-0.39, 0.29) is 18.6 Å². The van der Waals surface area contributed by atoms with E-state index in [1.807, 2.05) is 6.07 Å². The van der Waals surface area contributed by atoms with Gasteiger partial charge in [0.2, 0.25) is 5.91 Å². The fourth-order valence-corrected chi connectivity index (χ4v) is 1.81. The van der Waals surface area contributed by atoms with Crippen molar-refractivity contribution in [1.82, 2.24) is 10.6 Å². The predicted molar refractivity (Wildman–Crippen MR) is 62.4 cm³/mol. The van der Waals surface area contributed by atoms with Gasteiger partial charge in [-0.25, -0.2) is 0 Å². The highest BCUT2D eigenvalue weighted by Crippen LogP contribution is 2.06.